The molecule has 5 nitrogen and oxygen atoms in total. The zero-order valence-corrected chi connectivity index (χ0v) is 22.1. The van der Waals surface area contributed by atoms with Crippen LogP contribution in [0.4, 0.5) is 4.39 Å². The molecule has 0 saturated carbocycles. The molecular formula is C24H25Cl2FN2O3S2. The molecule has 0 unspecified atom stereocenters. The summed E-state index contributed by atoms with van der Waals surface area (Å²) in [4.78, 5) is 15.9. The molecule has 34 heavy (non-hydrogen) atoms. The summed E-state index contributed by atoms with van der Waals surface area (Å²) in [7, 11) is -4.11. The summed E-state index contributed by atoms with van der Waals surface area (Å²) in [5.74, 6) is -0.751. The third-order valence-corrected chi connectivity index (χ3v) is 9.04. The Balaban J connectivity index is 1.92. The van der Waals surface area contributed by atoms with Crippen LogP contribution in [0.25, 0.3) is 0 Å². The Morgan fingerprint density at radius 1 is 1.06 bits per heavy atom. The smallest absolute Gasteiger partial charge is 0.245 e. The number of thiophene rings is 1. The van der Waals surface area contributed by atoms with E-state index in [1.807, 2.05) is 18.4 Å². The van der Waals surface area contributed by atoms with Crippen molar-refractivity contribution in [3.05, 3.63) is 85.8 Å². The fraction of sp³-hybridized carbons (Fsp3) is 0.292. The highest BCUT2D eigenvalue weighted by Crippen LogP contribution is 2.29. The number of carbonyl (C=O) groups excluding carboxylic acids is 1. The van der Waals surface area contributed by atoms with Crippen LogP contribution in [0.3, 0.4) is 0 Å². The second kappa shape index (κ2) is 11.2. The van der Waals surface area contributed by atoms with Crippen LogP contribution < -0.4 is 0 Å². The first-order chi connectivity index (χ1) is 16.0. The molecule has 3 rings (SSSR count). The largest absolute Gasteiger partial charge is 0.332 e. The lowest BCUT2D eigenvalue weighted by molar-refractivity contribution is -0.132. The van der Waals surface area contributed by atoms with Crippen LogP contribution in [0.5, 0.6) is 0 Å². The Morgan fingerprint density at radius 3 is 2.32 bits per heavy atom. The van der Waals surface area contributed by atoms with Crippen molar-refractivity contribution >= 4 is 50.5 Å². The van der Waals surface area contributed by atoms with Crippen molar-refractivity contribution in [3.63, 3.8) is 0 Å². The molecule has 1 amide bonds. The Hall–Kier alpha value is -1.97. The molecule has 0 bridgehead atoms. The van der Waals surface area contributed by atoms with Gasteiger partial charge in [0.05, 0.1) is 18.1 Å². The van der Waals surface area contributed by atoms with E-state index in [2.05, 4.69) is 0 Å². The average Bonchev–Trinajstić information content (AvgIpc) is 3.18. The van der Waals surface area contributed by atoms with Gasteiger partial charge >= 0.3 is 0 Å². The Labute approximate surface area is 213 Å². The van der Waals surface area contributed by atoms with Crippen LogP contribution in [-0.4, -0.2) is 36.1 Å². The van der Waals surface area contributed by atoms with E-state index in [1.54, 1.807) is 30.9 Å². The van der Waals surface area contributed by atoms with Gasteiger partial charge in [-0.15, -0.1) is 11.3 Å². The summed E-state index contributed by atoms with van der Waals surface area (Å²) in [5, 5.41) is 2.20. The van der Waals surface area contributed by atoms with E-state index in [0.717, 1.165) is 20.3 Å². The molecule has 0 N–H and O–H groups in total. The molecule has 0 fully saturated rings. The molecule has 182 valence electrons. The summed E-state index contributed by atoms with van der Waals surface area (Å²) in [5.41, 5.74) is 1.78. The van der Waals surface area contributed by atoms with E-state index in [9.17, 15) is 17.6 Å². The van der Waals surface area contributed by atoms with Gasteiger partial charge in [-0.1, -0.05) is 35.3 Å². The quantitative estimate of drug-likeness (QED) is 0.326. The summed E-state index contributed by atoms with van der Waals surface area (Å²) < 4.78 is 41.4. The molecule has 2 aromatic carbocycles. The van der Waals surface area contributed by atoms with Crippen LogP contribution in [-0.2, 0) is 27.9 Å². The summed E-state index contributed by atoms with van der Waals surface area (Å²) in [6.07, 6.45) is 0. The lowest BCUT2D eigenvalue weighted by Crippen LogP contribution is -2.45. The number of rotatable bonds is 9. The predicted octanol–water partition coefficient (Wildman–Crippen LogP) is 6.13. The van der Waals surface area contributed by atoms with Crippen molar-refractivity contribution in [2.24, 2.45) is 0 Å². The number of aryl methyl sites for hydroxylation is 1. The molecule has 0 saturated heterocycles. The predicted molar refractivity (Wildman–Crippen MR) is 135 cm³/mol. The van der Waals surface area contributed by atoms with E-state index in [1.165, 1.54) is 41.7 Å². The van der Waals surface area contributed by atoms with Crippen molar-refractivity contribution in [2.75, 3.05) is 6.54 Å². The second-order valence-electron chi connectivity index (χ2n) is 8.12. The maximum absolute atomic E-state index is 13.5. The van der Waals surface area contributed by atoms with Crippen molar-refractivity contribution in [1.29, 1.82) is 0 Å². The first-order valence-electron chi connectivity index (χ1n) is 10.5. The molecule has 1 aromatic heterocycles. The first kappa shape index (κ1) is 26.6. The Kier molecular flexibility index (Phi) is 8.76. The molecule has 0 spiro atoms. The highest BCUT2D eigenvalue weighted by molar-refractivity contribution is 7.89. The summed E-state index contributed by atoms with van der Waals surface area (Å²) in [6, 6.07) is 11.5. The zero-order chi connectivity index (χ0) is 25.0. The van der Waals surface area contributed by atoms with Gasteiger partial charge in [0, 0.05) is 22.5 Å². The van der Waals surface area contributed by atoms with Gasteiger partial charge in [-0.25, -0.2) is 12.8 Å². The van der Waals surface area contributed by atoms with Gasteiger partial charge in [-0.2, -0.15) is 4.31 Å². The molecule has 0 radical (unpaired) electrons. The monoisotopic (exact) mass is 542 g/mol. The number of benzene rings is 2. The maximum atomic E-state index is 13.5. The Morgan fingerprint density at radius 2 is 1.74 bits per heavy atom. The molecule has 10 heteroatoms. The number of halogens is 3. The van der Waals surface area contributed by atoms with E-state index in [4.69, 9.17) is 23.2 Å². The minimum absolute atomic E-state index is 0.0277. The van der Waals surface area contributed by atoms with Gasteiger partial charge in [0.1, 0.15) is 10.7 Å². The highest BCUT2D eigenvalue weighted by atomic mass is 35.5. The number of hydrogen-bond donors (Lipinski definition) is 0. The minimum Gasteiger partial charge on any atom is -0.332 e. The van der Waals surface area contributed by atoms with Crippen molar-refractivity contribution in [2.45, 2.75) is 44.8 Å². The molecule has 1 heterocycles. The number of carbonyl (C=O) groups is 1. The van der Waals surface area contributed by atoms with E-state index in [0.29, 0.717) is 6.54 Å². The fourth-order valence-corrected chi connectivity index (χ4v) is 6.61. The van der Waals surface area contributed by atoms with Gasteiger partial charge in [0.2, 0.25) is 15.9 Å². The minimum atomic E-state index is -4.11. The van der Waals surface area contributed by atoms with E-state index in [-0.39, 0.29) is 39.8 Å². The standard InChI is InChI=1S/C24H25Cl2FN2O3S2/c1-16(2)29(34(31,32)23-12-19(25)6-9-21(23)26)15-24(30)28(14-22-17(3)10-11-33-22)13-18-4-7-20(27)8-5-18/h4-12,16H,13-15H2,1-3H3. The third kappa shape index (κ3) is 6.37. The average molecular weight is 544 g/mol. The van der Waals surface area contributed by atoms with Crippen LogP contribution in [0.2, 0.25) is 10.0 Å². The van der Waals surface area contributed by atoms with Crippen molar-refractivity contribution in [3.8, 4) is 0 Å². The molecule has 0 aliphatic carbocycles. The summed E-state index contributed by atoms with van der Waals surface area (Å²) >= 11 is 13.7. The molecule has 0 aliphatic rings. The van der Waals surface area contributed by atoms with Crippen LogP contribution in [0, 0.1) is 12.7 Å². The highest BCUT2D eigenvalue weighted by Gasteiger charge is 2.32. The number of hydrogen-bond acceptors (Lipinski definition) is 4. The van der Waals surface area contributed by atoms with E-state index >= 15 is 0 Å². The van der Waals surface area contributed by atoms with Crippen LogP contribution in [0.1, 0.15) is 29.9 Å². The molecule has 3 aromatic rings. The second-order valence-corrected chi connectivity index (χ2v) is 11.8. The fourth-order valence-electron chi connectivity index (χ4n) is 3.36. The topological polar surface area (TPSA) is 57.7 Å². The molecule has 0 atom stereocenters. The van der Waals surface area contributed by atoms with Crippen molar-refractivity contribution < 1.29 is 17.6 Å². The van der Waals surface area contributed by atoms with Gasteiger partial charge in [0.15, 0.2) is 0 Å². The first-order valence-corrected chi connectivity index (χ1v) is 13.6. The van der Waals surface area contributed by atoms with Gasteiger partial charge in [-0.05, 0) is 73.7 Å². The van der Waals surface area contributed by atoms with Gasteiger partial charge in [-0.3, -0.25) is 4.79 Å². The van der Waals surface area contributed by atoms with Crippen molar-refractivity contribution in [1.82, 2.24) is 9.21 Å². The molecule has 0 aliphatic heterocycles. The van der Waals surface area contributed by atoms with E-state index < -0.39 is 16.1 Å². The van der Waals surface area contributed by atoms with Gasteiger partial charge < -0.3 is 4.90 Å². The lowest BCUT2D eigenvalue weighted by Gasteiger charge is -2.30. The Bertz CT molecular complexity index is 1260. The van der Waals surface area contributed by atoms with Gasteiger partial charge in [0.25, 0.3) is 0 Å². The third-order valence-electron chi connectivity index (χ3n) is 5.29. The normalized spacial score (nSPS) is 11.9. The summed E-state index contributed by atoms with van der Waals surface area (Å²) in [6.45, 7) is 5.48. The number of amides is 1. The number of sulfonamides is 1. The molecular weight excluding hydrogens is 518 g/mol. The number of nitrogens with zero attached hydrogens (tertiary/aromatic N) is 2. The maximum Gasteiger partial charge on any atom is 0.245 e. The van der Waals surface area contributed by atoms with Crippen LogP contribution >= 0.6 is 34.5 Å². The zero-order valence-electron chi connectivity index (χ0n) is 19.0. The van der Waals surface area contributed by atoms with Crippen LogP contribution in [0.15, 0.2) is 58.8 Å². The SMILES string of the molecule is Cc1ccsc1CN(Cc1ccc(F)cc1)C(=O)CN(C(C)C)S(=O)(=O)c1cc(Cl)ccc1Cl. The lowest BCUT2D eigenvalue weighted by atomic mass is 10.2.